The highest BCUT2D eigenvalue weighted by Gasteiger charge is 2.12. The van der Waals surface area contributed by atoms with Crippen LogP contribution in [0.2, 0.25) is 0 Å². The second kappa shape index (κ2) is 12.5. The first-order valence-electron chi connectivity index (χ1n) is 10.2. The second-order valence-corrected chi connectivity index (χ2v) is 7.14. The summed E-state index contributed by atoms with van der Waals surface area (Å²) >= 11 is 0. The zero-order chi connectivity index (χ0) is 25.1. The summed E-state index contributed by atoms with van der Waals surface area (Å²) in [5, 5.41) is 4.93. The molecule has 0 unspecified atom stereocenters. The first kappa shape index (κ1) is 25.8. The number of benzene rings is 2. The van der Waals surface area contributed by atoms with E-state index in [-0.39, 0.29) is 23.2 Å². The number of ether oxygens (including phenoxy) is 2. The van der Waals surface area contributed by atoms with Crippen LogP contribution in [0.15, 0.2) is 59.9 Å². The van der Waals surface area contributed by atoms with Gasteiger partial charge < -0.3 is 20.1 Å². The van der Waals surface area contributed by atoms with Crippen molar-refractivity contribution in [2.45, 2.75) is 13.8 Å². The molecule has 0 aromatic heterocycles. The Morgan fingerprint density at radius 3 is 1.32 bits per heavy atom. The summed E-state index contributed by atoms with van der Waals surface area (Å²) in [4.78, 5) is 46.5. The minimum absolute atomic E-state index is 0.0381. The molecule has 8 heteroatoms. The molecule has 2 rings (SSSR count). The Morgan fingerprint density at radius 2 is 1.00 bits per heavy atom. The van der Waals surface area contributed by atoms with Crippen LogP contribution < -0.4 is 10.6 Å². The number of amides is 2. The number of rotatable bonds is 8. The van der Waals surface area contributed by atoms with Crippen LogP contribution >= 0.6 is 0 Å². The van der Waals surface area contributed by atoms with E-state index >= 15 is 0 Å². The summed E-state index contributed by atoms with van der Waals surface area (Å²) in [7, 11) is 2.48. The van der Waals surface area contributed by atoms with Crippen LogP contribution in [0.5, 0.6) is 0 Å². The van der Waals surface area contributed by atoms with Gasteiger partial charge in [-0.25, -0.2) is 9.59 Å². The van der Waals surface area contributed by atoms with Gasteiger partial charge in [0.25, 0.3) is 0 Å². The lowest BCUT2D eigenvalue weighted by Crippen LogP contribution is -2.25. The van der Waals surface area contributed by atoms with Crippen molar-refractivity contribution in [1.29, 1.82) is 0 Å². The maximum atomic E-state index is 11.9. The summed E-state index contributed by atoms with van der Waals surface area (Å²) < 4.78 is 9.42. The van der Waals surface area contributed by atoms with Gasteiger partial charge in [0.2, 0.25) is 11.8 Å². The van der Waals surface area contributed by atoms with Crippen molar-refractivity contribution < 1.29 is 28.7 Å². The molecule has 0 aliphatic carbocycles. The minimum atomic E-state index is -0.647. The van der Waals surface area contributed by atoms with E-state index in [1.54, 1.807) is 12.1 Å². The Labute approximate surface area is 198 Å². The average Bonchev–Trinajstić information content (AvgIpc) is 2.81. The molecule has 2 N–H and O–H groups in total. The Balaban J connectivity index is 2.29. The van der Waals surface area contributed by atoms with Gasteiger partial charge in [-0.05, 0) is 46.5 Å². The fraction of sp³-hybridized carbons (Fsp3) is 0.154. The quantitative estimate of drug-likeness (QED) is 0.354. The Morgan fingerprint density at radius 1 is 0.647 bits per heavy atom. The van der Waals surface area contributed by atoms with Gasteiger partial charge in [0.1, 0.15) is 11.4 Å². The fourth-order valence-corrected chi connectivity index (χ4v) is 2.92. The molecule has 0 saturated heterocycles. The molecule has 0 radical (unpaired) electrons. The predicted molar refractivity (Wildman–Crippen MR) is 129 cm³/mol. The smallest absolute Gasteiger partial charge is 0.354 e. The van der Waals surface area contributed by atoms with Crippen LogP contribution in [0.1, 0.15) is 36.1 Å². The lowest BCUT2D eigenvalue weighted by Gasteiger charge is -2.07. The molecular formula is C26H26N2O6. The summed E-state index contributed by atoms with van der Waals surface area (Å²) in [6.45, 7) is 2.62. The molecule has 0 spiro atoms. The molecule has 0 fully saturated rings. The monoisotopic (exact) mass is 462 g/mol. The highest BCUT2D eigenvalue weighted by Crippen LogP contribution is 2.15. The number of hydrogen-bond acceptors (Lipinski definition) is 6. The topological polar surface area (TPSA) is 111 Å². The van der Waals surface area contributed by atoms with Gasteiger partial charge in [0, 0.05) is 13.8 Å². The van der Waals surface area contributed by atoms with Crippen LogP contribution in [0.25, 0.3) is 24.3 Å². The molecular weight excluding hydrogens is 436 g/mol. The molecule has 2 aromatic carbocycles. The van der Waals surface area contributed by atoms with E-state index in [2.05, 4.69) is 10.6 Å². The molecule has 2 amide bonds. The molecule has 0 aliphatic rings. The molecule has 0 heterocycles. The molecule has 0 saturated carbocycles. The van der Waals surface area contributed by atoms with Crippen LogP contribution in [-0.2, 0) is 28.7 Å². The maximum Gasteiger partial charge on any atom is 0.354 e. The van der Waals surface area contributed by atoms with Gasteiger partial charge in [0.15, 0.2) is 0 Å². The van der Waals surface area contributed by atoms with E-state index in [0.717, 1.165) is 11.1 Å². The van der Waals surface area contributed by atoms with Gasteiger partial charge >= 0.3 is 11.9 Å². The molecule has 0 bridgehead atoms. The summed E-state index contributed by atoms with van der Waals surface area (Å²) in [6, 6.07) is 14.7. The van der Waals surface area contributed by atoms with E-state index in [0.29, 0.717) is 11.1 Å². The molecule has 0 atom stereocenters. The number of nitrogens with one attached hydrogen (secondary N) is 2. The van der Waals surface area contributed by atoms with Gasteiger partial charge in [-0.2, -0.15) is 0 Å². The first-order chi connectivity index (χ1) is 16.2. The average molecular weight is 463 g/mol. The standard InChI is InChI=1S/C26H26N2O6/c1-17(29)27-23(25(31)33-3)15-21-9-5-7-19(13-21)11-12-20-8-6-10-22(14-20)16-24(26(32)34-4)28-18(2)30/h5-16H,1-4H3,(H,27,29)(H,28,30)/b12-11+,23-15-,24-16+. The predicted octanol–water partition coefficient (Wildman–Crippen LogP) is 3.16. The van der Waals surface area contributed by atoms with E-state index < -0.39 is 11.9 Å². The van der Waals surface area contributed by atoms with Crippen LogP contribution in [-0.4, -0.2) is 38.0 Å². The van der Waals surface area contributed by atoms with Crippen molar-refractivity contribution in [2.24, 2.45) is 0 Å². The number of hydrogen-bond donors (Lipinski definition) is 2. The lowest BCUT2D eigenvalue weighted by atomic mass is 10.1. The molecule has 8 nitrogen and oxygen atoms in total. The number of carbonyl (C=O) groups is 4. The van der Waals surface area contributed by atoms with Crippen molar-refractivity contribution in [3.63, 3.8) is 0 Å². The van der Waals surface area contributed by atoms with Crippen molar-refractivity contribution >= 4 is 48.1 Å². The van der Waals surface area contributed by atoms with Crippen LogP contribution in [0.4, 0.5) is 0 Å². The van der Waals surface area contributed by atoms with Gasteiger partial charge in [-0.1, -0.05) is 48.6 Å². The van der Waals surface area contributed by atoms with E-state index in [1.807, 2.05) is 48.6 Å². The highest BCUT2D eigenvalue weighted by molar-refractivity contribution is 5.98. The lowest BCUT2D eigenvalue weighted by molar-refractivity contribution is -0.138. The third-order valence-corrected chi connectivity index (χ3v) is 4.34. The number of methoxy groups -OCH3 is 2. The zero-order valence-electron chi connectivity index (χ0n) is 19.4. The van der Waals surface area contributed by atoms with Crippen molar-refractivity contribution in [3.05, 3.63) is 82.2 Å². The van der Waals surface area contributed by atoms with E-state index in [9.17, 15) is 19.2 Å². The summed E-state index contributed by atoms with van der Waals surface area (Å²) in [5.41, 5.74) is 3.19. The third kappa shape index (κ3) is 8.23. The van der Waals surface area contributed by atoms with Crippen LogP contribution in [0.3, 0.4) is 0 Å². The van der Waals surface area contributed by atoms with Crippen molar-refractivity contribution in [2.75, 3.05) is 14.2 Å². The molecule has 0 aliphatic heterocycles. The van der Waals surface area contributed by atoms with Crippen LogP contribution in [0, 0.1) is 0 Å². The third-order valence-electron chi connectivity index (χ3n) is 4.34. The van der Waals surface area contributed by atoms with E-state index in [1.165, 1.54) is 40.2 Å². The maximum absolute atomic E-state index is 11.9. The minimum Gasteiger partial charge on any atom is -0.464 e. The Hall–Kier alpha value is -4.46. The number of esters is 2. The van der Waals surface area contributed by atoms with E-state index in [4.69, 9.17) is 9.47 Å². The van der Waals surface area contributed by atoms with Gasteiger partial charge in [-0.15, -0.1) is 0 Å². The summed E-state index contributed by atoms with van der Waals surface area (Å²) in [6.07, 6.45) is 6.83. The van der Waals surface area contributed by atoms with Gasteiger partial charge in [-0.3, -0.25) is 9.59 Å². The second-order valence-electron chi connectivity index (χ2n) is 7.14. The Bertz CT molecular complexity index is 1090. The SMILES string of the molecule is COC(=O)/C(=C/c1cccc(/C=C/c2cccc(/C=C(/NC(C)=O)C(=O)OC)c2)c1)NC(C)=O. The molecule has 176 valence electrons. The zero-order valence-corrected chi connectivity index (χ0v) is 19.4. The van der Waals surface area contributed by atoms with Crippen molar-refractivity contribution in [1.82, 2.24) is 10.6 Å². The normalized spacial score (nSPS) is 11.6. The summed E-state index contributed by atoms with van der Waals surface area (Å²) in [5.74, 6) is -2.05. The molecule has 34 heavy (non-hydrogen) atoms. The van der Waals surface area contributed by atoms with Gasteiger partial charge in [0.05, 0.1) is 14.2 Å². The highest BCUT2D eigenvalue weighted by atomic mass is 16.5. The first-order valence-corrected chi connectivity index (χ1v) is 10.2. The van der Waals surface area contributed by atoms with Crippen molar-refractivity contribution in [3.8, 4) is 0 Å². The Kier molecular flexibility index (Phi) is 9.52. The fourth-order valence-electron chi connectivity index (χ4n) is 2.92. The number of carbonyl (C=O) groups excluding carboxylic acids is 4. The largest absolute Gasteiger partial charge is 0.464 e. The molecule has 2 aromatic rings.